The molecule has 1 aliphatic rings. The first-order valence-electron chi connectivity index (χ1n) is 7.14. The lowest BCUT2D eigenvalue weighted by Crippen LogP contribution is -2.36. The molecule has 0 saturated carbocycles. The van der Waals surface area contributed by atoms with E-state index in [4.69, 9.17) is 0 Å². The molecule has 1 fully saturated rings. The molecule has 118 valence electrons. The van der Waals surface area contributed by atoms with Crippen molar-refractivity contribution in [3.8, 4) is 0 Å². The lowest BCUT2D eigenvalue weighted by Gasteiger charge is -2.19. The number of hydrogen-bond donors (Lipinski definition) is 1. The number of amides is 2. The molecule has 0 radical (unpaired) electrons. The van der Waals surface area contributed by atoms with Crippen LogP contribution in [0.4, 0.5) is 5.69 Å². The van der Waals surface area contributed by atoms with Crippen LogP contribution in [-0.4, -0.2) is 38.0 Å². The Labute approximate surface area is 129 Å². The van der Waals surface area contributed by atoms with Crippen molar-refractivity contribution in [3.05, 3.63) is 29.3 Å². The van der Waals surface area contributed by atoms with Gasteiger partial charge in [-0.25, -0.2) is 0 Å². The summed E-state index contributed by atoms with van der Waals surface area (Å²) in [4.78, 5) is 36.9. The van der Waals surface area contributed by atoms with E-state index in [9.17, 15) is 14.4 Å². The van der Waals surface area contributed by atoms with Crippen LogP contribution in [0.1, 0.15) is 17.5 Å². The minimum atomic E-state index is -0.510. The van der Waals surface area contributed by atoms with Crippen LogP contribution in [0.5, 0.6) is 0 Å². The van der Waals surface area contributed by atoms with Gasteiger partial charge < -0.3 is 15.0 Å². The average molecular weight is 304 g/mol. The Morgan fingerprint density at radius 1 is 1.36 bits per heavy atom. The van der Waals surface area contributed by atoms with Gasteiger partial charge in [-0.15, -0.1) is 0 Å². The summed E-state index contributed by atoms with van der Waals surface area (Å²) in [7, 11) is 1.26. The molecule has 0 aliphatic carbocycles. The first-order chi connectivity index (χ1) is 10.4. The third-order valence-corrected chi connectivity index (χ3v) is 3.77. The number of aryl methyl sites for hydroxylation is 2. The molecule has 1 unspecified atom stereocenters. The van der Waals surface area contributed by atoms with E-state index in [1.807, 2.05) is 32.0 Å². The smallest absolute Gasteiger partial charge is 0.325 e. The van der Waals surface area contributed by atoms with Gasteiger partial charge in [-0.05, 0) is 25.5 Å². The molecular formula is C16H20N2O4. The Hall–Kier alpha value is -2.37. The predicted molar refractivity (Wildman–Crippen MR) is 81.4 cm³/mol. The number of hydrogen-bond acceptors (Lipinski definition) is 4. The van der Waals surface area contributed by atoms with E-state index in [0.717, 1.165) is 16.8 Å². The van der Waals surface area contributed by atoms with Gasteiger partial charge in [0.15, 0.2) is 0 Å². The molecular weight excluding hydrogens is 284 g/mol. The molecule has 0 aromatic heterocycles. The maximum atomic E-state index is 12.2. The summed E-state index contributed by atoms with van der Waals surface area (Å²) in [5, 5.41) is 2.50. The number of nitrogens with one attached hydrogen (secondary N) is 1. The number of nitrogens with zero attached hydrogens (tertiary/aromatic N) is 1. The summed E-state index contributed by atoms with van der Waals surface area (Å²) in [5.74, 6) is -1.34. The summed E-state index contributed by atoms with van der Waals surface area (Å²) in [5.41, 5.74) is 2.96. The van der Waals surface area contributed by atoms with Crippen molar-refractivity contribution in [2.75, 3.05) is 25.1 Å². The fourth-order valence-corrected chi connectivity index (χ4v) is 2.60. The van der Waals surface area contributed by atoms with Crippen molar-refractivity contribution in [2.24, 2.45) is 5.92 Å². The summed E-state index contributed by atoms with van der Waals surface area (Å²) in [6.07, 6.45) is 0.153. The molecule has 1 heterocycles. The van der Waals surface area contributed by atoms with Crippen LogP contribution in [0.25, 0.3) is 0 Å². The molecule has 2 amide bonds. The zero-order valence-corrected chi connectivity index (χ0v) is 13.0. The molecule has 0 bridgehead atoms. The van der Waals surface area contributed by atoms with Crippen LogP contribution < -0.4 is 10.2 Å². The largest absolute Gasteiger partial charge is 0.468 e. The average Bonchev–Trinajstić information content (AvgIpc) is 2.86. The van der Waals surface area contributed by atoms with Gasteiger partial charge in [0.2, 0.25) is 11.8 Å². The Balaban J connectivity index is 2.04. The predicted octanol–water partition coefficient (Wildman–Crippen LogP) is 0.946. The van der Waals surface area contributed by atoms with Crippen molar-refractivity contribution in [3.63, 3.8) is 0 Å². The number of benzene rings is 1. The number of rotatable bonds is 4. The molecule has 1 atom stereocenters. The standard InChI is InChI=1S/C16H20N2O4/c1-10-4-5-13(11(2)6-10)18-9-12(7-14(18)19)16(21)17-8-15(20)22-3/h4-6,12H,7-9H2,1-3H3,(H,17,21). The van der Waals surface area contributed by atoms with Crippen LogP contribution >= 0.6 is 0 Å². The molecule has 22 heavy (non-hydrogen) atoms. The molecule has 1 aliphatic heterocycles. The fourth-order valence-electron chi connectivity index (χ4n) is 2.60. The van der Waals surface area contributed by atoms with Crippen molar-refractivity contribution in [2.45, 2.75) is 20.3 Å². The normalized spacial score (nSPS) is 17.5. The van der Waals surface area contributed by atoms with Crippen molar-refractivity contribution in [1.82, 2.24) is 5.32 Å². The van der Waals surface area contributed by atoms with Crippen LogP contribution in [0.15, 0.2) is 18.2 Å². The van der Waals surface area contributed by atoms with E-state index in [1.165, 1.54) is 7.11 Å². The van der Waals surface area contributed by atoms with Gasteiger partial charge in [0.1, 0.15) is 6.54 Å². The summed E-state index contributed by atoms with van der Waals surface area (Å²) in [6, 6.07) is 5.85. The second kappa shape index (κ2) is 6.60. The SMILES string of the molecule is COC(=O)CNC(=O)C1CC(=O)N(c2ccc(C)cc2C)C1. The lowest BCUT2D eigenvalue weighted by atomic mass is 10.1. The van der Waals surface area contributed by atoms with E-state index in [0.29, 0.717) is 6.54 Å². The van der Waals surface area contributed by atoms with Gasteiger partial charge in [0.25, 0.3) is 0 Å². The maximum absolute atomic E-state index is 12.2. The molecule has 1 saturated heterocycles. The van der Waals surface area contributed by atoms with Gasteiger partial charge in [-0.2, -0.15) is 0 Å². The van der Waals surface area contributed by atoms with Crippen molar-refractivity contribution < 1.29 is 19.1 Å². The highest BCUT2D eigenvalue weighted by Crippen LogP contribution is 2.28. The van der Waals surface area contributed by atoms with Gasteiger partial charge in [0, 0.05) is 18.7 Å². The van der Waals surface area contributed by atoms with E-state index in [2.05, 4.69) is 10.1 Å². The van der Waals surface area contributed by atoms with Crippen molar-refractivity contribution in [1.29, 1.82) is 0 Å². The minimum Gasteiger partial charge on any atom is -0.468 e. The number of methoxy groups -OCH3 is 1. The third-order valence-electron chi connectivity index (χ3n) is 3.77. The number of anilines is 1. The molecule has 1 aromatic rings. The number of ether oxygens (including phenoxy) is 1. The second-order valence-electron chi connectivity index (χ2n) is 5.49. The monoisotopic (exact) mass is 304 g/mol. The topological polar surface area (TPSA) is 75.7 Å². The Bertz CT molecular complexity index is 612. The third kappa shape index (κ3) is 3.44. The zero-order valence-electron chi connectivity index (χ0n) is 13.0. The molecule has 2 rings (SSSR count). The summed E-state index contributed by atoms with van der Waals surface area (Å²) >= 11 is 0. The number of carbonyl (C=O) groups excluding carboxylic acids is 3. The van der Waals surface area contributed by atoms with E-state index >= 15 is 0 Å². The Morgan fingerprint density at radius 3 is 2.73 bits per heavy atom. The highest BCUT2D eigenvalue weighted by atomic mass is 16.5. The highest BCUT2D eigenvalue weighted by Gasteiger charge is 2.35. The minimum absolute atomic E-state index is 0.0785. The molecule has 1 N–H and O–H groups in total. The number of esters is 1. The number of carbonyl (C=O) groups is 3. The quantitative estimate of drug-likeness (QED) is 0.840. The van der Waals surface area contributed by atoms with Crippen LogP contribution in [0.3, 0.4) is 0 Å². The van der Waals surface area contributed by atoms with Crippen LogP contribution in [-0.2, 0) is 19.1 Å². The van der Waals surface area contributed by atoms with Gasteiger partial charge in [-0.1, -0.05) is 17.7 Å². The van der Waals surface area contributed by atoms with Crippen molar-refractivity contribution >= 4 is 23.5 Å². The molecule has 1 aromatic carbocycles. The summed E-state index contributed by atoms with van der Waals surface area (Å²) in [6.45, 7) is 4.09. The van der Waals surface area contributed by atoms with Gasteiger partial charge in [-0.3, -0.25) is 14.4 Å². The zero-order chi connectivity index (χ0) is 16.3. The fraction of sp³-hybridized carbons (Fsp3) is 0.438. The Kier molecular flexibility index (Phi) is 4.80. The molecule has 6 heteroatoms. The maximum Gasteiger partial charge on any atom is 0.325 e. The van der Waals surface area contributed by atoms with E-state index < -0.39 is 11.9 Å². The first-order valence-corrected chi connectivity index (χ1v) is 7.14. The highest BCUT2D eigenvalue weighted by molar-refractivity contribution is 6.01. The molecule has 6 nitrogen and oxygen atoms in total. The van der Waals surface area contributed by atoms with Gasteiger partial charge >= 0.3 is 5.97 Å². The van der Waals surface area contributed by atoms with Crippen LogP contribution in [0, 0.1) is 19.8 Å². The van der Waals surface area contributed by atoms with E-state index in [-0.39, 0.29) is 24.8 Å². The summed E-state index contributed by atoms with van der Waals surface area (Å²) < 4.78 is 4.47. The lowest BCUT2D eigenvalue weighted by molar-refractivity contribution is -0.141. The Morgan fingerprint density at radius 2 is 2.09 bits per heavy atom. The molecule has 0 spiro atoms. The second-order valence-corrected chi connectivity index (χ2v) is 5.49. The van der Waals surface area contributed by atoms with Gasteiger partial charge in [0.05, 0.1) is 13.0 Å². The first kappa shape index (κ1) is 16.0. The van der Waals surface area contributed by atoms with Crippen LogP contribution in [0.2, 0.25) is 0 Å². The van der Waals surface area contributed by atoms with E-state index in [1.54, 1.807) is 4.90 Å².